The number of ether oxygens (including phenoxy) is 3. The van der Waals surface area contributed by atoms with E-state index >= 15 is 0 Å². The van der Waals surface area contributed by atoms with Crippen LogP contribution in [0, 0.1) is 0 Å². The van der Waals surface area contributed by atoms with E-state index in [4.69, 9.17) is 14.2 Å². The SMILES string of the molecule is CCN1CCN(CC(O)COc2ccc3c(c2)OCO3)CC1.Cl.Cl. The van der Waals surface area contributed by atoms with Crippen molar-refractivity contribution in [1.82, 2.24) is 9.80 Å². The van der Waals surface area contributed by atoms with Crippen molar-refractivity contribution in [2.45, 2.75) is 13.0 Å². The Bertz CT molecular complexity index is 499. The molecule has 1 N–H and O–H groups in total. The Hall–Kier alpha value is -0.920. The van der Waals surface area contributed by atoms with E-state index in [1.165, 1.54) is 0 Å². The van der Waals surface area contributed by atoms with Gasteiger partial charge in [-0.25, -0.2) is 0 Å². The van der Waals surface area contributed by atoms with Gasteiger partial charge in [0.2, 0.25) is 6.79 Å². The summed E-state index contributed by atoms with van der Waals surface area (Å²) in [5.41, 5.74) is 0. The van der Waals surface area contributed by atoms with E-state index in [0.717, 1.165) is 38.5 Å². The topological polar surface area (TPSA) is 54.4 Å². The van der Waals surface area contributed by atoms with Gasteiger partial charge in [-0.2, -0.15) is 0 Å². The molecule has 0 bridgehead atoms. The molecule has 2 aliphatic rings. The van der Waals surface area contributed by atoms with Crippen LogP contribution in [0.1, 0.15) is 6.92 Å². The molecular weight excluding hydrogens is 355 g/mol. The fourth-order valence-electron chi connectivity index (χ4n) is 2.80. The third-order valence-corrected chi connectivity index (χ3v) is 4.17. The van der Waals surface area contributed by atoms with Crippen LogP contribution in [0.15, 0.2) is 18.2 Å². The largest absolute Gasteiger partial charge is 0.491 e. The van der Waals surface area contributed by atoms with Crippen LogP contribution in [0.3, 0.4) is 0 Å². The molecule has 1 unspecified atom stereocenters. The Morgan fingerprint density at radius 1 is 1.08 bits per heavy atom. The number of β-amino-alcohol motifs (C(OH)–C–C–N with tert-alkyl or cyclic N) is 1. The predicted molar refractivity (Wildman–Crippen MR) is 97.1 cm³/mol. The zero-order valence-electron chi connectivity index (χ0n) is 13.8. The molecule has 1 saturated heterocycles. The fraction of sp³-hybridized carbons (Fsp3) is 0.625. The lowest BCUT2D eigenvalue weighted by molar-refractivity contribution is 0.0470. The molecule has 0 spiro atoms. The summed E-state index contributed by atoms with van der Waals surface area (Å²) in [4.78, 5) is 4.71. The average Bonchev–Trinajstić information content (AvgIpc) is 3.01. The third kappa shape index (κ3) is 5.57. The van der Waals surface area contributed by atoms with E-state index in [1.807, 2.05) is 12.1 Å². The van der Waals surface area contributed by atoms with Crippen molar-refractivity contribution < 1.29 is 19.3 Å². The lowest BCUT2D eigenvalue weighted by atomic mass is 10.2. The Labute approximate surface area is 155 Å². The van der Waals surface area contributed by atoms with Crippen LogP contribution in [0.4, 0.5) is 0 Å². The van der Waals surface area contributed by atoms with Gasteiger partial charge in [-0.05, 0) is 18.7 Å². The van der Waals surface area contributed by atoms with Crippen LogP contribution in [0.25, 0.3) is 0 Å². The zero-order chi connectivity index (χ0) is 15.4. The molecule has 0 aromatic heterocycles. The Kier molecular flexibility index (Phi) is 8.94. The van der Waals surface area contributed by atoms with E-state index in [1.54, 1.807) is 6.07 Å². The lowest BCUT2D eigenvalue weighted by Crippen LogP contribution is -2.49. The fourth-order valence-corrected chi connectivity index (χ4v) is 2.80. The number of aliphatic hydroxyl groups is 1. The van der Waals surface area contributed by atoms with Gasteiger partial charge in [-0.15, -0.1) is 24.8 Å². The molecule has 0 radical (unpaired) electrons. The van der Waals surface area contributed by atoms with E-state index in [-0.39, 0.29) is 38.2 Å². The van der Waals surface area contributed by atoms with Gasteiger partial charge in [0.15, 0.2) is 11.5 Å². The second-order valence-corrected chi connectivity index (χ2v) is 5.71. The second kappa shape index (κ2) is 10.2. The molecular formula is C16H26Cl2N2O4. The molecule has 2 heterocycles. The van der Waals surface area contributed by atoms with Crippen LogP contribution in [-0.4, -0.2) is 73.7 Å². The Morgan fingerprint density at radius 2 is 1.75 bits per heavy atom. The van der Waals surface area contributed by atoms with E-state index in [0.29, 0.717) is 18.0 Å². The summed E-state index contributed by atoms with van der Waals surface area (Å²) in [5.74, 6) is 2.13. The summed E-state index contributed by atoms with van der Waals surface area (Å²) in [5, 5.41) is 10.1. The second-order valence-electron chi connectivity index (χ2n) is 5.71. The first-order valence-corrected chi connectivity index (χ1v) is 7.90. The van der Waals surface area contributed by atoms with E-state index < -0.39 is 6.10 Å². The van der Waals surface area contributed by atoms with Crippen LogP contribution in [0.2, 0.25) is 0 Å². The van der Waals surface area contributed by atoms with Crippen molar-refractivity contribution in [1.29, 1.82) is 0 Å². The molecule has 1 aromatic rings. The van der Waals surface area contributed by atoms with Crippen molar-refractivity contribution in [3.8, 4) is 17.2 Å². The molecule has 1 aromatic carbocycles. The van der Waals surface area contributed by atoms with Gasteiger partial charge in [0.05, 0.1) is 0 Å². The lowest BCUT2D eigenvalue weighted by Gasteiger charge is -2.34. The van der Waals surface area contributed by atoms with Crippen LogP contribution in [0.5, 0.6) is 17.2 Å². The Morgan fingerprint density at radius 3 is 2.46 bits per heavy atom. The van der Waals surface area contributed by atoms with Crippen LogP contribution >= 0.6 is 24.8 Å². The minimum absolute atomic E-state index is 0. The normalized spacial score (nSPS) is 18.4. The predicted octanol–water partition coefficient (Wildman–Crippen LogP) is 1.64. The number of aliphatic hydroxyl groups excluding tert-OH is 1. The molecule has 0 amide bonds. The number of hydrogen-bond donors (Lipinski definition) is 1. The number of rotatable bonds is 6. The van der Waals surface area contributed by atoms with Gasteiger partial charge >= 0.3 is 0 Å². The quantitative estimate of drug-likeness (QED) is 0.809. The van der Waals surface area contributed by atoms with Gasteiger partial charge < -0.3 is 24.2 Å². The van der Waals surface area contributed by atoms with Crippen LogP contribution in [-0.2, 0) is 0 Å². The van der Waals surface area contributed by atoms with Crippen molar-refractivity contribution in [3.05, 3.63) is 18.2 Å². The highest BCUT2D eigenvalue weighted by Gasteiger charge is 2.19. The molecule has 0 aliphatic carbocycles. The Balaban J connectivity index is 0.00000144. The minimum atomic E-state index is -0.487. The molecule has 1 fully saturated rings. The number of likely N-dealkylation sites (N-methyl/N-ethyl adjacent to an activating group) is 1. The van der Waals surface area contributed by atoms with Gasteiger partial charge in [0.25, 0.3) is 0 Å². The summed E-state index contributed by atoms with van der Waals surface area (Å²) < 4.78 is 16.2. The molecule has 1 atom stereocenters. The van der Waals surface area contributed by atoms with Gasteiger partial charge in [0.1, 0.15) is 18.5 Å². The summed E-state index contributed by atoms with van der Waals surface area (Å²) in [6.07, 6.45) is -0.487. The molecule has 6 nitrogen and oxygen atoms in total. The van der Waals surface area contributed by atoms with Crippen molar-refractivity contribution >= 4 is 24.8 Å². The molecule has 24 heavy (non-hydrogen) atoms. The maximum atomic E-state index is 10.1. The first-order valence-electron chi connectivity index (χ1n) is 7.90. The molecule has 8 heteroatoms. The summed E-state index contributed by atoms with van der Waals surface area (Å²) in [6.45, 7) is 8.65. The maximum absolute atomic E-state index is 10.1. The van der Waals surface area contributed by atoms with Crippen molar-refractivity contribution in [2.75, 3.05) is 52.7 Å². The number of hydrogen-bond acceptors (Lipinski definition) is 6. The summed E-state index contributed by atoms with van der Waals surface area (Å²) in [6, 6.07) is 5.46. The highest BCUT2D eigenvalue weighted by atomic mass is 35.5. The zero-order valence-corrected chi connectivity index (χ0v) is 15.5. The number of piperazine rings is 1. The average molecular weight is 381 g/mol. The van der Waals surface area contributed by atoms with Gasteiger partial charge in [0, 0.05) is 38.8 Å². The minimum Gasteiger partial charge on any atom is -0.491 e. The van der Waals surface area contributed by atoms with Gasteiger partial charge in [-0.1, -0.05) is 6.92 Å². The molecule has 138 valence electrons. The van der Waals surface area contributed by atoms with Crippen molar-refractivity contribution in [3.63, 3.8) is 0 Å². The first kappa shape index (κ1) is 21.1. The molecule has 2 aliphatic heterocycles. The highest BCUT2D eigenvalue weighted by Crippen LogP contribution is 2.35. The maximum Gasteiger partial charge on any atom is 0.231 e. The number of fused-ring (bicyclic) bond motifs is 1. The number of benzene rings is 1. The monoisotopic (exact) mass is 380 g/mol. The van der Waals surface area contributed by atoms with Gasteiger partial charge in [-0.3, -0.25) is 4.90 Å². The molecule has 0 saturated carbocycles. The number of halogens is 2. The van der Waals surface area contributed by atoms with Crippen molar-refractivity contribution in [2.24, 2.45) is 0 Å². The van der Waals surface area contributed by atoms with E-state index in [9.17, 15) is 5.11 Å². The first-order chi connectivity index (χ1) is 10.7. The number of nitrogens with zero attached hydrogens (tertiary/aromatic N) is 2. The summed E-state index contributed by atoms with van der Waals surface area (Å²) in [7, 11) is 0. The standard InChI is InChI=1S/C16H24N2O4.2ClH/c1-2-17-5-7-18(8-6-17)10-13(19)11-20-14-3-4-15-16(9-14)22-12-21-15;;/h3-4,9,13,19H,2,5-8,10-12H2,1H3;2*1H. The highest BCUT2D eigenvalue weighted by molar-refractivity contribution is 5.85. The third-order valence-electron chi connectivity index (χ3n) is 4.17. The molecule has 3 rings (SSSR count). The smallest absolute Gasteiger partial charge is 0.231 e. The summed E-state index contributed by atoms with van der Waals surface area (Å²) >= 11 is 0. The van der Waals surface area contributed by atoms with E-state index in [2.05, 4.69) is 16.7 Å². The van der Waals surface area contributed by atoms with Crippen LogP contribution < -0.4 is 14.2 Å².